The predicted octanol–water partition coefficient (Wildman–Crippen LogP) is 2.39. The molecule has 0 atom stereocenters. The Morgan fingerprint density at radius 1 is 1.17 bits per heavy atom. The van der Waals surface area contributed by atoms with E-state index in [9.17, 15) is 4.79 Å². The van der Waals surface area contributed by atoms with Crippen LogP contribution in [-0.4, -0.2) is 25.6 Å². The van der Waals surface area contributed by atoms with Gasteiger partial charge in [0.15, 0.2) is 5.16 Å². The van der Waals surface area contributed by atoms with Crippen LogP contribution in [0.2, 0.25) is 0 Å². The molecule has 0 aliphatic carbocycles. The zero-order chi connectivity index (χ0) is 15.6. The first kappa shape index (κ1) is 14.0. The van der Waals surface area contributed by atoms with Gasteiger partial charge in [-0.2, -0.15) is 0 Å². The second-order valence-corrected chi connectivity index (χ2v) is 6.05. The number of para-hydroxylation sites is 1. The molecule has 0 radical (unpaired) electrons. The molecule has 1 aliphatic rings. The second kappa shape index (κ2) is 5.85. The van der Waals surface area contributed by atoms with E-state index in [4.69, 9.17) is 0 Å². The van der Waals surface area contributed by atoms with E-state index in [1.807, 2.05) is 24.3 Å². The Morgan fingerprint density at radius 2 is 2.00 bits per heavy atom. The van der Waals surface area contributed by atoms with Gasteiger partial charge in [-0.25, -0.2) is 19.6 Å². The number of nitrogens with one attached hydrogen (secondary N) is 1. The molecule has 6 nitrogen and oxygen atoms in total. The third-order valence-corrected chi connectivity index (χ3v) is 4.44. The lowest BCUT2D eigenvalue weighted by atomic mass is 10.1. The number of H-pyrrole nitrogens is 1. The molecule has 1 aromatic carbocycles. The molecule has 23 heavy (non-hydrogen) atoms. The van der Waals surface area contributed by atoms with Crippen LogP contribution >= 0.6 is 11.8 Å². The Hall–Kier alpha value is -2.67. The molecule has 0 amide bonds. The van der Waals surface area contributed by atoms with Crippen molar-refractivity contribution < 1.29 is 0 Å². The highest BCUT2D eigenvalue weighted by atomic mass is 32.2. The Kier molecular flexibility index (Phi) is 3.55. The molecule has 0 fully saturated rings. The second-order valence-electron chi connectivity index (χ2n) is 5.11. The van der Waals surface area contributed by atoms with E-state index < -0.39 is 0 Å². The van der Waals surface area contributed by atoms with Gasteiger partial charge in [-0.05, 0) is 17.7 Å². The van der Waals surface area contributed by atoms with Crippen molar-refractivity contribution in [1.29, 1.82) is 0 Å². The third-order valence-electron chi connectivity index (χ3n) is 3.52. The van der Waals surface area contributed by atoms with Gasteiger partial charge in [0.1, 0.15) is 5.84 Å². The fraction of sp³-hybridized carbons (Fsp3) is 0.125. The summed E-state index contributed by atoms with van der Waals surface area (Å²) in [5.74, 6) is 1.33. The van der Waals surface area contributed by atoms with Crippen LogP contribution in [0, 0.1) is 0 Å². The van der Waals surface area contributed by atoms with Gasteiger partial charge in [0.25, 0.3) is 5.56 Å². The van der Waals surface area contributed by atoms with Crippen LogP contribution in [0.15, 0.2) is 63.7 Å². The maximum Gasteiger partial charge on any atom is 0.272 e. The molecule has 1 N–H and O–H groups in total. The number of rotatable bonds is 3. The molecular formula is C16H13N5OS. The quantitative estimate of drug-likeness (QED) is 0.593. The van der Waals surface area contributed by atoms with E-state index >= 15 is 0 Å². The topological polar surface area (TPSA) is 75.9 Å². The number of aliphatic imine (C=N–C) groups is 1. The van der Waals surface area contributed by atoms with E-state index in [1.54, 1.807) is 24.5 Å². The monoisotopic (exact) mass is 323 g/mol. The lowest BCUT2D eigenvalue weighted by Crippen LogP contribution is -2.24. The van der Waals surface area contributed by atoms with Gasteiger partial charge < -0.3 is 0 Å². The van der Waals surface area contributed by atoms with Crippen molar-refractivity contribution in [2.45, 2.75) is 17.3 Å². The maximum absolute atomic E-state index is 12.2. The van der Waals surface area contributed by atoms with E-state index in [2.05, 4.69) is 20.1 Å². The lowest BCUT2D eigenvalue weighted by molar-refractivity contribution is 0.867. The Morgan fingerprint density at radius 3 is 2.83 bits per heavy atom. The maximum atomic E-state index is 12.2. The van der Waals surface area contributed by atoms with E-state index in [1.165, 1.54) is 16.4 Å². The molecule has 0 saturated heterocycles. The number of hydrogen-bond donors (Lipinski definition) is 1. The predicted molar refractivity (Wildman–Crippen MR) is 89.3 cm³/mol. The molecule has 0 bridgehead atoms. The van der Waals surface area contributed by atoms with Crippen LogP contribution in [0.4, 0.5) is 5.69 Å². The summed E-state index contributed by atoms with van der Waals surface area (Å²) >= 11 is 1.48. The first-order valence-electron chi connectivity index (χ1n) is 7.16. The molecule has 0 spiro atoms. The summed E-state index contributed by atoms with van der Waals surface area (Å²) in [5, 5.41) is 3.81. The van der Waals surface area contributed by atoms with Crippen molar-refractivity contribution in [1.82, 2.24) is 19.7 Å². The SMILES string of the molecule is O=c1cc(CSc2ncccn2)[nH]n1C1=Nc2ccccc2C1. The number of aromatic nitrogens is 4. The first-order valence-corrected chi connectivity index (χ1v) is 8.15. The fourth-order valence-electron chi connectivity index (χ4n) is 2.46. The van der Waals surface area contributed by atoms with Gasteiger partial charge in [0.2, 0.25) is 0 Å². The van der Waals surface area contributed by atoms with Crippen molar-refractivity contribution in [2.24, 2.45) is 4.99 Å². The molecule has 4 rings (SSSR count). The molecule has 3 heterocycles. The fourth-order valence-corrected chi connectivity index (χ4v) is 3.16. The number of aromatic amines is 1. The number of nitrogens with zero attached hydrogens (tertiary/aromatic N) is 4. The molecule has 3 aromatic rings. The van der Waals surface area contributed by atoms with Gasteiger partial charge in [0.05, 0.1) is 5.69 Å². The van der Waals surface area contributed by atoms with Crippen LogP contribution in [0.5, 0.6) is 0 Å². The zero-order valence-electron chi connectivity index (χ0n) is 12.1. The number of benzene rings is 1. The van der Waals surface area contributed by atoms with Crippen LogP contribution in [0.3, 0.4) is 0 Å². The largest absolute Gasteiger partial charge is 0.293 e. The Balaban J connectivity index is 1.54. The standard InChI is InChI=1S/C16H13N5OS/c22-15-9-12(10-23-16-17-6-3-7-18-16)20-21(15)14-8-11-4-1-2-5-13(11)19-14/h1-7,9,20H,8,10H2. The number of fused-ring (bicyclic) bond motifs is 1. The smallest absolute Gasteiger partial charge is 0.272 e. The first-order chi connectivity index (χ1) is 11.3. The van der Waals surface area contributed by atoms with Crippen molar-refractivity contribution >= 4 is 23.3 Å². The Bertz CT molecular complexity index is 929. The summed E-state index contributed by atoms with van der Waals surface area (Å²) in [6.07, 6.45) is 4.06. The average Bonchev–Trinajstić information content (AvgIpc) is 3.17. The summed E-state index contributed by atoms with van der Waals surface area (Å²) in [7, 11) is 0. The van der Waals surface area contributed by atoms with Crippen LogP contribution in [0.25, 0.3) is 0 Å². The van der Waals surface area contributed by atoms with Gasteiger partial charge in [-0.3, -0.25) is 9.89 Å². The van der Waals surface area contributed by atoms with E-state index in [-0.39, 0.29) is 5.56 Å². The Labute approximate surface area is 136 Å². The van der Waals surface area contributed by atoms with E-state index in [0.717, 1.165) is 22.8 Å². The van der Waals surface area contributed by atoms with Gasteiger partial charge in [-0.1, -0.05) is 30.0 Å². The highest BCUT2D eigenvalue weighted by Gasteiger charge is 2.17. The van der Waals surface area contributed by atoms with Crippen molar-refractivity contribution in [2.75, 3.05) is 0 Å². The highest BCUT2D eigenvalue weighted by Crippen LogP contribution is 2.26. The minimum atomic E-state index is -0.0962. The summed E-state index contributed by atoms with van der Waals surface area (Å²) in [6, 6.07) is 11.3. The molecule has 2 aromatic heterocycles. The van der Waals surface area contributed by atoms with Crippen LogP contribution in [-0.2, 0) is 12.2 Å². The average molecular weight is 323 g/mol. The number of thioether (sulfide) groups is 1. The number of hydrogen-bond acceptors (Lipinski definition) is 5. The molecular weight excluding hydrogens is 310 g/mol. The molecule has 0 saturated carbocycles. The van der Waals surface area contributed by atoms with Crippen LogP contribution < -0.4 is 5.56 Å². The normalized spacial score (nSPS) is 13.0. The summed E-state index contributed by atoms with van der Waals surface area (Å²) in [6.45, 7) is 0. The third kappa shape index (κ3) is 2.83. The molecule has 7 heteroatoms. The molecule has 1 aliphatic heterocycles. The van der Waals surface area contributed by atoms with Crippen LogP contribution in [0.1, 0.15) is 11.3 Å². The summed E-state index contributed by atoms with van der Waals surface area (Å²) < 4.78 is 1.52. The highest BCUT2D eigenvalue weighted by molar-refractivity contribution is 7.98. The summed E-state index contributed by atoms with van der Waals surface area (Å²) in [5.41, 5.74) is 2.79. The summed E-state index contributed by atoms with van der Waals surface area (Å²) in [4.78, 5) is 25.0. The molecule has 0 unspecified atom stereocenters. The van der Waals surface area contributed by atoms with Crippen molar-refractivity contribution in [3.63, 3.8) is 0 Å². The van der Waals surface area contributed by atoms with E-state index in [0.29, 0.717) is 17.3 Å². The minimum Gasteiger partial charge on any atom is -0.293 e. The van der Waals surface area contributed by atoms with Gasteiger partial charge in [-0.15, -0.1) is 0 Å². The van der Waals surface area contributed by atoms with Gasteiger partial charge >= 0.3 is 0 Å². The minimum absolute atomic E-state index is 0.0962. The van der Waals surface area contributed by atoms with Gasteiger partial charge in [0, 0.05) is 36.3 Å². The van der Waals surface area contributed by atoms with Crippen molar-refractivity contribution in [3.8, 4) is 0 Å². The molecule has 114 valence electrons. The lowest BCUT2D eigenvalue weighted by Gasteiger charge is -2.01. The van der Waals surface area contributed by atoms with Crippen molar-refractivity contribution in [3.05, 3.63) is 70.4 Å². The zero-order valence-corrected chi connectivity index (χ0v) is 13.0.